The summed E-state index contributed by atoms with van der Waals surface area (Å²) in [5, 5.41) is 6.60. The topological polar surface area (TPSA) is 42.7 Å². The zero-order chi connectivity index (χ0) is 34.2. The summed E-state index contributed by atoms with van der Waals surface area (Å²) in [6.07, 6.45) is 0. The van der Waals surface area contributed by atoms with Crippen LogP contribution in [0.3, 0.4) is 0 Å². The first kappa shape index (κ1) is 28.8. The fraction of sp³-hybridized carbons (Fsp3) is 0. The van der Waals surface area contributed by atoms with Gasteiger partial charge in [-0.15, -0.1) is 0 Å². The van der Waals surface area contributed by atoms with Crippen LogP contribution < -0.4 is 4.90 Å². The smallest absolute Gasteiger partial charge is 0.159 e. The highest BCUT2D eigenvalue weighted by Crippen LogP contribution is 2.43. The van der Waals surface area contributed by atoms with E-state index in [2.05, 4.69) is 157 Å². The van der Waals surface area contributed by atoms with Gasteiger partial charge in [0.25, 0.3) is 0 Å². The Hall–Kier alpha value is -7.04. The molecule has 0 aliphatic rings. The van der Waals surface area contributed by atoms with Gasteiger partial charge in [0.2, 0.25) is 0 Å². The van der Waals surface area contributed by atoms with Gasteiger partial charge in [-0.25, -0.2) is 0 Å². The van der Waals surface area contributed by atoms with Crippen molar-refractivity contribution in [1.82, 2.24) is 0 Å². The Morgan fingerprint density at radius 3 is 1.40 bits per heavy atom. The maximum Gasteiger partial charge on any atom is 0.159 e. The number of rotatable bonds is 5. The zero-order valence-corrected chi connectivity index (χ0v) is 27.9. The molecule has 8 aromatic carbocycles. The van der Waals surface area contributed by atoms with Crippen molar-refractivity contribution in [3.05, 3.63) is 176 Å². The van der Waals surface area contributed by atoms with E-state index in [0.717, 1.165) is 105 Å². The van der Waals surface area contributed by atoms with E-state index in [-0.39, 0.29) is 0 Å². The highest BCUT2D eigenvalue weighted by molar-refractivity contribution is 6.12. The fourth-order valence-corrected chi connectivity index (χ4v) is 7.76. The normalized spacial score (nSPS) is 11.8. The third kappa shape index (κ3) is 4.48. The van der Waals surface area contributed by atoms with Gasteiger partial charge in [-0.2, -0.15) is 0 Å². The van der Waals surface area contributed by atoms with Gasteiger partial charge in [-0.05, 0) is 107 Å². The van der Waals surface area contributed by atoms with Gasteiger partial charge >= 0.3 is 0 Å². The maximum atomic E-state index is 6.73. The summed E-state index contributed by atoms with van der Waals surface area (Å²) in [6, 6.07) is 61.3. The molecule has 0 spiro atoms. The first-order valence-electron chi connectivity index (χ1n) is 17.5. The number of hydrogen-bond donors (Lipinski definition) is 0. The van der Waals surface area contributed by atoms with E-state index in [1.54, 1.807) is 0 Å². The molecule has 4 nitrogen and oxygen atoms in total. The lowest BCUT2D eigenvalue weighted by molar-refractivity contribution is 0.668. The number of nitrogens with zero attached hydrogens (tertiary/aromatic N) is 1. The molecule has 52 heavy (non-hydrogen) atoms. The first-order chi connectivity index (χ1) is 25.7. The minimum atomic E-state index is 0.845. The Morgan fingerprint density at radius 2 is 0.750 bits per heavy atom. The highest BCUT2D eigenvalue weighted by atomic mass is 16.3. The second kappa shape index (κ2) is 11.2. The molecule has 4 heteroatoms. The monoisotopic (exact) mass is 667 g/mol. The molecule has 3 aromatic heterocycles. The van der Waals surface area contributed by atoms with Crippen LogP contribution in [0, 0.1) is 0 Å². The molecule has 11 rings (SSSR count). The van der Waals surface area contributed by atoms with E-state index in [0.29, 0.717) is 0 Å². The van der Waals surface area contributed by atoms with Crippen LogP contribution in [0.15, 0.2) is 189 Å². The van der Waals surface area contributed by atoms with Gasteiger partial charge in [0, 0.05) is 43.7 Å². The number of anilines is 3. The van der Waals surface area contributed by atoms with Gasteiger partial charge in [0.05, 0.1) is 5.69 Å². The molecule has 0 unspecified atom stereocenters. The molecule has 0 N–H and O–H groups in total. The zero-order valence-electron chi connectivity index (χ0n) is 27.9. The average molecular weight is 668 g/mol. The molecule has 0 amide bonds. The van der Waals surface area contributed by atoms with Crippen molar-refractivity contribution in [2.24, 2.45) is 0 Å². The average Bonchev–Trinajstić information content (AvgIpc) is 3.89. The third-order valence-corrected chi connectivity index (χ3v) is 10.3. The minimum Gasteiger partial charge on any atom is -0.456 e. The predicted molar refractivity (Wildman–Crippen MR) is 214 cm³/mol. The fourth-order valence-electron chi connectivity index (χ4n) is 7.76. The van der Waals surface area contributed by atoms with Crippen LogP contribution in [0.25, 0.3) is 88.1 Å². The van der Waals surface area contributed by atoms with Crippen LogP contribution in [0.5, 0.6) is 0 Å². The van der Waals surface area contributed by atoms with E-state index >= 15 is 0 Å². The Bertz CT molecular complexity index is 3090. The van der Waals surface area contributed by atoms with Crippen molar-refractivity contribution < 1.29 is 13.3 Å². The quantitative estimate of drug-likeness (QED) is 0.183. The number of para-hydroxylation sites is 4. The van der Waals surface area contributed by atoms with Crippen molar-refractivity contribution in [2.75, 3.05) is 4.90 Å². The van der Waals surface area contributed by atoms with E-state index in [9.17, 15) is 0 Å². The molecule has 0 aliphatic carbocycles. The lowest BCUT2D eigenvalue weighted by atomic mass is 9.99. The summed E-state index contributed by atoms with van der Waals surface area (Å²) >= 11 is 0. The second-order valence-electron chi connectivity index (χ2n) is 13.3. The van der Waals surface area contributed by atoms with E-state index in [1.165, 1.54) is 0 Å². The first-order valence-corrected chi connectivity index (χ1v) is 17.5. The second-order valence-corrected chi connectivity index (χ2v) is 13.3. The molecular formula is C48H29NO3. The van der Waals surface area contributed by atoms with Gasteiger partial charge in [0.1, 0.15) is 27.9 Å². The molecular weight excluding hydrogens is 639 g/mol. The number of hydrogen-bond acceptors (Lipinski definition) is 4. The van der Waals surface area contributed by atoms with Crippen molar-refractivity contribution in [1.29, 1.82) is 0 Å². The number of benzene rings is 8. The summed E-state index contributed by atoms with van der Waals surface area (Å²) in [5.74, 6) is 0. The molecule has 0 aliphatic heterocycles. The molecule has 0 bridgehead atoms. The summed E-state index contributed by atoms with van der Waals surface area (Å²) in [7, 11) is 0. The van der Waals surface area contributed by atoms with Crippen LogP contribution in [-0.4, -0.2) is 0 Å². The predicted octanol–water partition coefficient (Wildman–Crippen LogP) is 14.2. The van der Waals surface area contributed by atoms with E-state index in [1.807, 2.05) is 24.3 Å². The number of fused-ring (bicyclic) bond motifs is 9. The van der Waals surface area contributed by atoms with E-state index < -0.39 is 0 Å². The van der Waals surface area contributed by atoms with Crippen LogP contribution in [0.4, 0.5) is 17.1 Å². The van der Waals surface area contributed by atoms with Crippen LogP contribution >= 0.6 is 0 Å². The Labute approximate surface area is 298 Å². The largest absolute Gasteiger partial charge is 0.456 e. The maximum absolute atomic E-state index is 6.73. The minimum absolute atomic E-state index is 0.845. The lowest BCUT2D eigenvalue weighted by Gasteiger charge is -2.25. The standard InChI is InChI=1S/C48H29NO3/c1-3-10-34(11-4-1)49(35-12-5-2-6-13-35)42-16-9-15-39-37-22-18-33(29-47(37)52-48(39)42)32-19-23-38-41-27-31(21-25-45(41)51-46(38)28-32)30-20-24-44-40(26-30)36-14-7-8-17-43(36)50-44/h1-29H. The molecule has 0 saturated heterocycles. The Kier molecular flexibility index (Phi) is 6.22. The van der Waals surface area contributed by atoms with Crippen LogP contribution in [-0.2, 0) is 0 Å². The molecule has 0 saturated carbocycles. The molecule has 244 valence electrons. The van der Waals surface area contributed by atoms with Crippen LogP contribution in [0.1, 0.15) is 0 Å². The Balaban J connectivity index is 0.986. The van der Waals surface area contributed by atoms with Crippen molar-refractivity contribution in [3.8, 4) is 22.3 Å². The molecule has 3 heterocycles. The van der Waals surface area contributed by atoms with Gasteiger partial charge in [-0.1, -0.05) is 91.0 Å². The summed E-state index contributed by atoms with van der Waals surface area (Å²) in [6.45, 7) is 0. The molecule has 0 radical (unpaired) electrons. The summed E-state index contributed by atoms with van der Waals surface area (Å²) < 4.78 is 19.2. The summed E-state index contributed by atoms with van der Waals surface area (Å²) in [5.41, 5.74) is 12.8. The third-order valence-electron chi connectivity index (χ3n) is 10.3. The Morgan fingerprint density at radius 1 is 0.288 bits per heavy atom. The van der Waals surface area contributed by atoms with Gasteiger partial charge in [-0.3, -0.25) is 0 Å². The van der Waals surface area contributed by atoms with Crippen LogP contribution in [0.2, 0.25) is 0 Å². The SMILES string of the molecule is c1ccc(N(c2ccccc2)c2cccc3c2oc2cc(-c4ccc5c(c4)oc4ccc(-c6ccc7oc8ccccc8c7c6)cc45)ccc23)cc1. The van der Waals surface area contributed by atoms with Gasteiger partial charge in [0.15, 0.2) is 5.58 Å². The van der Waals surface area contributed by atoms with Crippen molar-refractivity contribution >= 4 is 82.9 Å². The van der Waals surface area contributed by atoms with Gasteiger partial charge < -0.3 is 18.2 Å². The number of furan rings is 3. The lowest BCUT2D eigenvalue weighted by Crippen LogP contribution is -2.09. The summed E-state index contributed by atoms with van der Waals surface area (Å²) in [4.78, 5) is 2.25. The molecule has 0 atom stereocenters. The van der Waals surface area contributed by atoms with E-state index in [4.69, 9.17) is 13.3 Å². The molecule has 11 aromatic rings. The highest BCUT2D eigenvalue weighted by Gasteiger charge is 2.20. The van der Waals surface area contributed by atoms with Crippen molar-refractivity contribution in [2.45, 2.75) is 0 Å². The van der Waals surface area contributed by atoms with Crippen molar-refractivity contribution in [3.63, 3.8) is 0 Å². The molecule has 0 fully saturated rings.